The summed E-state index contributed by atoms with van der Waals surface area (Å²) in [4.78, 5) is 16.3. The minimum atomic E-state index is -3.77. The molecule has 8 heteroatoms. The molecule has 7 nitrogen and oxygen atoms in total. The van der Waals surface area contributed by atoms with Gasteiger partial charge in [-0.3, -0.25) is 4.79 Å². The Morgan fingerprint density at radius 1 is 1.17 bits per heavy atom. The Hall–Kier alpha value is -2.97. The normalized spacial score (nSPS) is 14.9. The van der Waals surface area contributed by atoms with Crippen LogP contribution in [0.1, 0.15) is 40.3 Å². The largest absolute Gasteiger partial charge is 0.352 e. The molecule has 0 bridgehead atoms. The molecule has 150 valence electrons. The van der Waals surface area contributed by atoms with Crippen LogP contribution >= 0.6 is 0 Å². The van der Waals surface area contributed by atoms with Crippen molar-refractivity contribution in [2.45, 2.75) is 31.2 Å². The Kier molecular flexibility index (Phi) is 4.97. The number of fused-ring (bicyclic) bond motifs is 1. The fraction of sp³-hybridized carbons (Fsp3) is 0.238. The molecular formula is C21H22N4O3S. The molecule has 0 saturated heterocycles. The summed E-state index contributed by atoms with van der Waals surface area (Å²) >= 11 is 0. The van der Waals surface area contributed by atoms with Crippen LogP contribution < -0.4 is 10.0 Å². The molecule has 2 aromatic carbocycles. The fourth-order valence-electron chi connectivity index (χ4n) is 3.50. The van der Waals surface area contributed by atoms with Crippen LogP contribution in [0.15, 0.2) is 59.8 Å². The van der Waals surface area contributed by atoms with E-state index in [-0.39, 0.29) is 10.8 Å². The van der Waals surface area contributed by atoms with E-state index >= 15 is 0 Å². The molecule has 3 aromatic rings. The monoisotopic (exact) mass is 410 g/mol. The van der Waals surface area contributed by atoms with Crippen LogP contribution in [0.25, 0.3) is 5.69 Å². The number of carbonyl (C=O) groups is 1. The first-order chi connectivity index (χ1) is 13.8. The molecule has 0 fully saturated rings. The first-order valence-electron chi connectivity index (χ1n) is 9.39. The Morgan fingerprint density at radius 3 is 2.62 bits per heavy atom. The molecule has 0 aliphatic carbocycles. The highest BCUT2D eigenvalue weighted by Gasteiger charge is 2.23. The number of benzene rings is 2. The molecule has 0 spiro atoms. The summed E-state index contributed by atoms with van der Waals surface area (Å²) in [5, 5.41) is 2.74. The van der Waals surface area contributed by atoms with Gasteiger partial charge in [0.1, 0.15) is 5.82 Å². The standard InChI is InChI=1S/C21H22N4O3S/c1-14(16-3-6-18(7-4-16)25-12-11-22-15(25)2)24-29(27,28)19-8-5-17-9-10-23-21(26)20(17)13-19/h3-8,11-14,24H,9-10H2,1-2H3,(H,23,26). The highest BCUT2D eigenvalue weighted by Crippen LogP contribution is 2.22. The van der Waals surface area contributed by atoms with E-state index in [4.69, 9.17) is 0 Å². The Bertz CT molecular complexity index is 1170. The number of imidazole rings is 1. The van der Waals surface area contributed by atoms with E-state index in [0.29, 0.717) is 18.5 Å². The molecule has 1 amide bonds. The predicted octanol–water partition coefficient (Wildman–Crippen LogP) is 2.51. The number of nitrogens with one attached hydrogen (secondary N) is 2. The predicted molar refractivity (Wildman–Crippen MR) is 110 cm³/mol. The van der Waals surface area contributed by atoms with E-state index in [1.165, 1.54) is 6.07 Å². The summed E-state index contributed by atoms with van der Waals surface area (Å²) in [5.74, 6) is 0.643. The van der Waals surface area contributed by atoms with Crippen LogP contribution in [-0.4, -0.2) is 30.4 Å². The minimum Gasteiger partial charge on any atom is -0.352 e. The average Bonchev–Trinajstić information content (AvgIpc) is 3.14. The number of aromatic nitrogens is 2. The number of amides is 1. The van der Waals surface area contributed by atoms with Crippen molar-refractivity contribution in [1.29, 1.82) is 0 Å². The topological polar surface area (TPSA) is 93.1 Å². The second-order valence-electron chi connectivity index (χ2n) is 7.10. The van der Waals surface area contributed by atoms with Crippen LogP contribution in [0.2, 0.25) is 0 Å². The van der Waals surface area contributed by atoms with E-state index in [1.807, 2.05) is 42.0 Å². The third-order valence-electron chi connectivity index (χ3n) is 5.15. The molecule has 1 aliphatic rings. The summed E-state index contributed by atoms with van der Waals surface area (Å²) in [6.45, 7) is 4.28. The van der Waals surface area contributed by atoms with Gasteiger partial charge >= 0.3 is 0 Å². The zero-order valence-corrected chi connectivity index (χ0v) is 17.0. The summed E-state index contributed by atoms with van der Waals surface area (Å²) in [5.41, 5.74) is 3.09. The van der Waals surface area contributed by atoms with Gasteiger partial charge < -0.3 is 9.88 Å². The van der Waals surface area contributed by atoms with Gasteiger partial charge in [-0.1, -0.05) is 18.2 Å². The van der Waals surface area contributed by atoms with E-state index < -0.39 is 16.1 Å². The molecule has 1 aliphatic heterocycles. The van der Waals surface area contributed by atoms with Gasteiger partial charge in [-0.15, -0.1) is 0 Å². The molecule has 0 saturated carbocycles. The molecule has 1 aromatic heterocycles. The maximum absolute atomic E-state index is 12.9. The van der Waals surface area contributed by atoms with Gasteiger partial charge in [0.25, 0.3) is 5.91 Å². The zero-order valence-electron chi connectivity index (χ0n) is 16.2. The third kappa shape index (κ3) is 3.81. The second-order valence-corrected chi connectivity index (χ2v) is 8.82. The number of aryl methyl sites for hydroxylation is 1. The molecule has 1 unspecified atom stereocenters. The van der Waals surface area contributed by atoms with Crippen LogP contribution in [0.3, 0.4) is 0 Å². The number of carbonyl (C=O) groups excluding carboxylic acids is 1. The summed E-state index contributed by atoms with van der Waals surface area (Å²) in [6, 6.07) is 11.9. The van der Waals surface area contributed by atoms with E-state index in [0.717, 1.165) is 22.6 Å². The first kappa shape index (κ1) is 19.4. The third-order valence-corrected chi connectivity index (χ3v) is 6.68. The van der Waals surface area contributed by atoms with Gasteiger partial charge in [0, 0.05) is 36.2 Å². The highest BCUT2D eigenvalue weighted by molar-refractivity contribution is 7.89. The van der Waals surface area contributed by atoms with Gasteiger partial charge in [0.2, 0.25) is 10.0 Å². The van der Waals surface area contributed by atoms with Crippen molar-refractivity contribution in [1.82, 2.24) is 19.6 Å². The number of sulfonamides is 1. The number of hydrogen-bond donors (Lipinski definition) is 2. The van der Waals surface area contributed by atoms with Crippen LogP contribution in [0.5, 0.6) is 0 Å². The Balaban J connectivity index is 1.54. The molecule has 2 N–H and O–H groups in total. The van der Waals surface area contributed by atoms with Crippen molar-refractivity contribution in [3.63, 3.8) is 0 Å². The van der Waals surface area contributed by atoms with E-state index in [9.17, 15) is 13.2 Å². The molecule has 1 atom stereocenters. The van der Waals surface area contributed by atoms with Crippen molar-refractivity contribution >= 4 is 15.9 Å². The summed E-state index contributed by atoms with van der Waals surface area (Å²) in [6.07, 6.45) is 4.32. The lowest BCUT2D eigenvalue weighted by Gasteiger charge is -2.19. The fourth-order valence-corrected chi connectivity index (χ4v) is 4.76. The first-order valence-corrected chi connectivity index (χ1v) is 10.9. The lowest BCUT2D eigenvalue weighted by atomic mass is 10.0. The second kappa shape index (κ2) is 7.46. The smallest absolute Gasteiger partial charge is 0.251 e. The summed E-state index contributed by atoms with van der Waals surface area (Å²) < 4.78 is 30.4. The number of hydrogen-bond acceptors (Lipinski definition) is 4. The van der Waals surface area contributed by atoms with Crippen molar-refractivity contribution < 1.29 is 13.2 Å². The average molecular weight is 410 g/mol. The van der Waals surface area contributed by atoms with Crippen LogP contribution in [0.4, 0.5) is 0 Å². The maximum atomic E-state index is 12.9. The van der Waals surface area contributed by atoms with Gasteiger partial charge in [-0.05, 0) is 55.7 Å². The van der Waals surface area contributed by atoms with E-state index in [1.54, 1.807) is 25.3 Å². The van der Waals surface area contributed by atoms with Gasteiger partial charge in [0.15, 0.2) is 0 Å². The van der Waals surface area contributed by atoms with Crippen LogP contribution in [-0.2, 0) is 16.4 Å². The van der Waals surface area contributed by atoms with Gasteiger partial charge in [0.05, 0.1) is 4.90 Å². The van der Waals surface area contributed by atoms with Crippen molar-refractivity contribution in [2.75, 3.05) is 6.54 Å². The van der Waals surface area contributed by atoms with Gasteiger partial charge in [-0.2, -0.15) is 0 Å². The van der Waals surface area contributed by atoms with Crippen molar-refractivity contribution in [2.24, 2.45) is 0 Å². The van der Waals surface area contributed by atoms with Gasteiger partial charge in [-0.25, -0.2) is 18.1 Å². The van der Waals surface area contributed by atoms with Crippen molar-refractivity contribution in [3.8, 4) is 5.69 Å². The quantitative estimate of drug-likeness (QED) is 0.676. The Morgan fingerprint density at radius 2 is 1.93 bits per heavy atom. The van der Waals surface area contributed by atoms with Crippen LogP contribution in [0, 0.1) is 6.92 Å². The lowest BCUT2D eigenvalue weighted by molar-refractivity contribution is 0.0945. The van der Waals surface area contributed by atoms with E-state index in [2.05, 4.69) is 15.0 Å². The molecule has 29 heavy (non-hydrogen) atoms. The SMILES string of the molecule is Cc1nccn1-c1ccc(C(C)NS(=O)(=O)c2ccc3c(c2)C(=O)NCC3)cc1. The lowest BCUT2D eigenvalue weighted by Crippen LogP contribution is -2.32. The Labute approximate surface area is 169 Å². The highest BCUT2D eigenvalue weighted by atomic mass is 32.2. The summed E-state index contributed by atoms with van der Waals surface area (Å²) in [7, 11) is -3.77. The molecule has 2 heterocycles. The molecule has 0 radical (unpaired) electrons. The van der Waals surface area contributed by atoms with Crippen molar-refractivity contribution in [3.05, 3.63) is 77.4 Å². The minimum absolute atomic E-state index is 0.0887. The number of rotatable bonds is 5. The molecule has 4 rings (SSSR count). The number of nitrogens with zero attached hydrogens (tertiary/aromatic N) is 2. The maximum Gasteiger partial charge on any atom is 0.251 e. The zero-order chi connectivity index (χ0) is 20.6. The molecular weight excluding hydrogens is 388 g/mol.